The van der Waals surface area contributed by atoms with Crippen LogP contribution in [0.5, 0.6) is 0 Å². The molecular formula is C29H31N7O3. The molecule has 1 aromatic carbocycles. The standard InChI is InChI=1S/C29H31N7O3/c1-17-6-5-7-19(12-17)22(16-37)29(3,28(30)39)36-15-20-8-9-23(33-26(20)27(36)38)21-13-24(31-14-18(21)2)34-25-10-11-32-35(25)4/h5-14,22,37H,15-16H2,1-4H3,(H2,30,39)(H,31,34)/t22-,29?/m0/s1. The van der Waals surface area contributed by atoms with E-state index in [4.69, 9.17) is 10.7 Å². The summed E-state index contributed by atoms with van der Waals surface area (Å²) in [4.78, 5) is 37.4. The normalized spacial score (nSPS) is 15.1. The summed E-state index contributed by atoms with van der Waals surface area (Å²) in [5.74, 6) is -0.419. The monoisotopic (exact) mass is 525 g/mol. The minimum atomic E-state index is -1.48. The quantitative estimate of drug-likeness (QED) is 0.321. The molecule has 4 aromatic rings. The van der Waals surface area contributed by atoms with Gasteiger partial charge in [0.1, 0.15) is 22.9 Å². The molecule has 2 amide bonds. The molecule has 10 heteroatoms. The number of carbonyl (C=O) groups is 2. The van der Waals surface area contributed by atoms with Crippen LogP contribution in [0.1, 0.15) is 45.6 Å². The summed E-state index contributed by atoms with van der Waals surface area (Å²) in [6.07, 6.45) is 3.44. The maximum absolute atomic E-state index is 13.8. The summed E-state index contributed by atoms with van der Waals surface area (Å²) in [6, 6.07) is 15.0. The van der Waals surface area contributed by atoms with Gasteiger partial charge in [0.05, 0.1) is 18.5 Å². The number of hydrogen-bond acceptors (Lipinski definition) is 7. The van der Waals surface area contributed by atoms with Gasteiger partial charge in [0, 0.05) is 42.9 Å². The van der Waals surface area contributed by atoms with Gasteiger partial charge >= 0.3 is 0 Å². The van der Waals surface area contributed by atoms with Crippen molar-refractivity contribution in [3.05, 3.63) is 88.9 Å². The van der Waals surface area contributed by atoms with E-state index in [-0.39, 0.29) is 18.8 Å². The molecule has 3 aromatic heterocycles. The third kappa shape index (κ3) is 4.52. The average Bonchev–Trinajstić information content (AvgIpc) is 3.47. The van der Waals surface area contributed by atoms with Crippen molar-refractivity contribution in [1.82, 2.24) is 24.6 Å². The largest absolute Gasteiger partial charge is 0.396 e. The molecule has 4 heterocycles. The number of fused-ring (bicyclic) bond motifs is 1. The number of aliphatic hydroxyl groups excluding tert-OH is 1. The Morgan fingerprint density at radius 1 is 1.21 bits per heavy atom. The van der Waals surface area contributed by atoms with E-state index in [2.05, 4.69) is 15.4 Å². The molecule has 0 fully saturated rings. The number of carbonyl (C=O) groups excluding carboxylic acids is 2. The summed E-state index contributed by atoms with van der Waals surface area (Å²) >= 11 is 0. The van der Waals surface area contributed by atoms with Crippen LogP contribution in [0.2, 0.25) is 0 Å². The molecule has 39 heavy (non-hydrogen) atoms. The maximum atomic E-state index is 13.8. The Kier molecular flexibility index (Phi) is 6.65. The lowest BCUT2D eigenvalue weighted by molar-refractivity contribution is -0.130. The molecule has 200 valence electrons. The van der Waals surface area contributed by atoms with Crippen LogP contribution in [-0.2, 0) is 18.4 Å². The maximum Gasteiger partial charge on any atom is 0.274 e. The van der Waals surface area contributed by atoms with Crippen LogP contribution < -0.4 is 11.1 Å². The number of nitrogens with two attached hydrogens (primary N) is 1. The first-order valence-corrected chi connectivity index (χ1v) is 12.6. The smallest absolute Gasteiger partial charge is 0.274 e. The number of aliphatic hydroxyl groups is 1. The van der Waals surface area contributed by atoms with E-state index >= 15 is 0 Å². The van der Waals surface area contributed by atoms with Gasteiger partial charge in [-0.3, -0.25) is 14.3 Å². The average molecular weight is 526 g/mol. The highest BCUT2D eigenvalue weighted by atomic mass is 16.3. The lowest BCUT2D eigenvalue weighted by Crippen LogP contribution is -2.60. The van der Waals surface area contributed by atoms with Gasteiger partial charge in [0.25, 0.3) is 5.91 Å². The van der Waals surface area contributed by atoms with Crippen molar-refractivity contribution in [3.63, 3.8) is 0 Å². The second-order valence-corrected chi connectivity index (χ2v) is 10.1. The summed E-state index contributed by atoms with van der Waals surface area (Å²) in [7, 11) is 1.83. The first-order chi connectivity index (χ1) is 18.6. The van der Waals surface area contributed by atoms with Gasteiger partial charge in [0.2, 0.25) is 5.91 Å². The second-order valence-electron chi connectivity index (χ2n) is 10.1. The molecule has 0 aliphatic carbocycles. The molecule has 5 rings (SSSR count). The minimum absolute atomic E-state index is 0.159. The lowest BCUT2D eigenvalue weighted by atomic mass is 9.78. The van der Waals surface area contributed by atoms with Crippen LogP contribution in [0.4, 0.5) is 11.6 Å². The third-order valence-electron chi connectivity index (χ3n) is 7.58. The fourth-order valence-corrected chi connectivity index (χ4v) is 5.18. The number of amides is 2. The predicted octanol–water partition coefficient (Wildman–Crippen LogP) is 3.21. The van der Waals surface area contributed by atoms with Gasteiger partial charge in [-0.1, -0.05) is 35.9 Å². The van der Waals surface area contributed by atoms with E-state index in [0.717, 1.165) is 28.1 Å². The summed E-state index contributed by atoms with van der Waals surface area (Å²) in [6.45, 7) is 5.28. The van der Waals surface area contributed by atoms with E-state index in [1.54, 1.807) is 24.0 Å². The van der Waals surface area contributed by atoms with Crippen molar-refractivity contribution in [2.45, 2.75) is 38.8 Å². The molecular weight excluding hydrogens is 494 g/mol. The highest BCUT2D eigenvalue weighted by molar-refractivity contribution is 6.01. The summed E-state index contributed by atoms with van der Waals surface area (Å²) in [5.41, 5.74) is 9.44. The zero-order chi connectivity index (χ0) is 27.9. The number of hydrogen-bond donors (Lipinski definition) is 3. The van der Waals surface area contributed by atoms with Crippen LogP contribution >= 0.6 is 0 Å². The molecule has 0 spiro atoms. The number of aryl methyl sites for hydroxylation is 3. The summed E-state index contributed by atoms with van der Waals surface area (Å²) < 4.78 is 1.70. The Labute approximate surface area is 226 Å². The highest BCUT2D eigenvalue weighted by Gasteiger charge is 2.51. The van der Waals surface area contributed by atoms with Crippen LogP contribution in [0.3, 0.4) is 0 Å². The van der Waals surface area contributed by atoms with Crippen LogP contribution in [0.15, 0.2) is 60.9 Å². The van der Waals surface area contributed by atoms with Gasteiger partial charge < -0.3 is 21.1 Å². The predicted molar refractivity (Wildman–Crippen MR) is 147 cm³/mol. The van der Waals surface area contributed by atoms with Gasteiger partial charge in [-0.05, 0) is 44.0 Å². The van der Waals surface area contributed by atoms with Crippen LogP contribution in [0, 0.1) is 13.8 Å². The number of anilines is 2. The number of primary amides is 1. The minimum Gasteiger partial charge on any atom is -0.396 e. The Balaban J connectivity index is 1.50. The Morgan fingerprint density at radius 3 is 2.67 bits per heavy atom. The van der Waals surface area contributed by atoms with E-state index in [0.29, 0.717) is 17.1 Å². The molecule has 1 unspecified atom stereocenters. The van der Waals surface area contributed by atoms with E-state index < -0.39 is 23.3 Å². The lowest BCUT2D eigenvalue weighted by Gasteiger charge is -2.41. The zero-order valence-corrected chi connectivity index (χ0v) is 22.3. The molecule has 4 N–H and O–H groups in total. The van der Waals surface area contributed by atoms with Crippen LogP contribution in [0.25, 0.3) is 11.3 Å². The molecule has 10 nitrogen and oxygen atoms in total. The van der Waals surface area contributed by atoms with Crippen molar-refractivity contribution < 1.29 is 14.7 Å². The van der Waals surface area contributed by atoms with Crippen molar-refractivity contribution in [3.8, 4) is 11.3 Å². The topological polar surface area (TPSA) is 139 Å². The highest BCUT2D eigenvalue weighted by Crippen LogP contribution is 2.39. The number of benzene rings is 1. The van der Waals surface area contributed by atoms with Gasteiger partial charge in [-0.2, -0.15) is 5.10 Å². The van der Waals surface area contributed by atoms with Crippen molar-refractivity contribution >= 4 is 23.5 Å². The van der Waals surface area contributed by atoms with Gasteiger partial charge in [0.15, 0.2) is 0 Å². The second kappa shape index (κ2) is 9.95. The first-order valence-electron chi connectivity index (χ1n) is 12.6. The Morgan fingerprint density at radius 2 is 2.00 bits per heavy atom. The van der Waals surface area contributed by atoms with Crippen molar-refractivity contribution in [1.29, 1.82) is 0 Å². The number of nitrogens with one attached hydrogen (secondary N) is 1. The van der Waals surface area contributed by atoms with Crippen molar-refractivity contribution in [2.75, 3.05) is 11.9 Å². The van der Waals surface area contributed by atoms with Crippen molar-refractivity contribution in [2.24, 2.45) is 12.8 Å². The number of aromatic nitrogens is 4. The van der Waals surface area contributed by atoms with E-state index in [1.165, 1.54) is 4.90 Å². The third-order valence-corrected chi connectivity index (χ3v) is 7.58. The zero-order valence-electron chi connectivity index (χ0n) is 22.3. The Hall–Kier alpha value is -4.57. The number of pyridine rings is 2. The molecule has 2 atom stereocenters. The van der Waals surface area contributed by atoms with E-state index in [9.17, 15) is 14.7 Å². The number of rotatable bonds is 8. The molecule has 1 aliphatic rings. The van der Waals surface area contributed by atoms with Crippen LogP contribution in [-0.4, -0.2) is 53.7 Å². The van der Waals surface area contributed by atoms with Gasteiger partial charge in [-0.25, -0.2) is 9.97 Å². The number of nitrogens with zero attached hydrogens (tertiary/aromatic N) is 5. The fraction of sp³-hybridized carbons (Fsp3) is 0.276. The molecule has 0 saturated heterocycles. The molecule has 0 radical (unpaired) electrons. The van der Waals surface area contributed by atoms with E-state index in [1.807, 2.05) is 69.4 Å². The SMILES string of the molecule is Cc1cccc([C@H](CO)C(C)(C(N)=O)N2Cc3ccc(-c4cc(Nc5ccnn5C)ncc4C)nc3C2=O)c1. The first kappa shape index (κ1) is 26.1. The fourth-order valence-electron chi connectivity index (χ4n) is 5.18. The summed E-state index contributed by atoms with van der Waals surface area (Å²) in [5, 5.41) is 17.8. The Bertz CT molecular complexity index is 1580. The molecule has 0 saturated carbocycles. The molecule has 0 bridgehead atoms. The molecule has 1 aliphatic heterocycles. The van der Waals surface area contributed by atoms with Gasteiger partial charge in [-0.15, -0.1) is 0 Å².